The predicted octanol–water partition coefficient (Wildman–Crippen LogP) is 1.55. The molecule has 92 valence electrons. The highest BCUT2D eigenvalue weighted by Crippen LogP contribution is 2.01. The van der Waals surface area contributed by atoms with Crippen LogP contribution in [-0.4, -0.2) is 36.1 Å². The molecule has 1 aromatic carbocycles. The SMILES string of the molecule is CN1CC=C(N)CC1.O=C(O)c1ccccc1. The van der Waals surface area contributed by atoms with E-state index < -0.39 is 5.97 Å². The Morgan fingerprint density at radius 2 is 2.00 bits per heavy atom. The first kappa shape index (κ1) is 13.3. The second kappa shape index (κ2) is 6.70. The minimum atomic E-state index is -0.879. The number of nitrogens with two attached hydrogens (primary N) is 1. The molecule has 0 bridgehead atoms. The number of carbonyl (C=O) groups is 1. The van der Waals surface area contributed by atoms with Crippen LogP contribution in [0, 0.1) is 0 Å². The lowest BCUT2D eigenvalue weighted by Crippen LogP contribution is -2.26. The lowest BCUT2D eigenvalue weighted by Gasteiger charge is -2.19. The zero-order valence-corrected chi connectivity index (χ0v) is 9.97. The molecule has 0 aliphatic carbocycles. The van der Waals surface area contributed by atoms with Gasteiger partial charge in [0.1, 0.15) is 0 Å². The van der Waals surface area contributed by atoms with Crippen LogP contribution >= 0.6 is 0 Å². The Morgan fingerprint density at radius 3 is 2.35 bits per heavy atom. The van der Waals surface area contributed by atoms with Crippen molar-refractivity contribution in [2.45, 2.75) is 6.42 Å². The first-order valence-corrected chi connectivity index (χ1v) is 5.51. The van der Waals surface area contributed by atoms with Crippen LogP contribution in [0.25, 0.3) is 0 Å². The highest BCUT2D eigenvalue weighted by molar-refractivity contribution is 5.87. The Morgan fingerprint density at radius 1 is 1.35 bits per heavy atom. The molecule has 0 fully saturated rings. The van der Waals surface area contributed by atoms with E-state index in [1.807, 2.05) is 0 Å². The van der Waals surface area contributed by atoms with Crippen molar-refractivity contribution >= 4 is 5.97 Å². The number of aromatic carboxylic acids is 1. The van der Waals surface area contributed by atoms with Gasteiger partial charge in [-0.15, -0.1) is 0 Å². The zero-order chi connectivity index (χ0) is 12.7. The highest BCUT2D eigenvalue weighted by Gasteiger charge is 2.02. The van der Waals surface area contributed by atoms with Crippen LogP contribution in [-0.2, 0) is 0 Å². The number of carboxylic acid groups (broad SMARTS) is 1. The molecule has 4 heteroatoms. The lowest BCUT2D eigenvalue weighted by molar-refractivity contribution is 0.0697. The van der Waals surface area contributed by atoms with E-state index in [4.69, 9.17) is 10.8 Å². The predicted molar refractivity (Wildman–Crippen MR) is 67.8 cm³/mol. The summed E-state index contributed by atoms with van der Waals surface area (Å²) in [5.41, 5.74) is 6.91. The van der Waals surface area contributed by atoms with Gasteiger partial charge in [0.15, 0.2) is 0 Å². The van der Waals surface area contributed by atoms with Gasteiger partial charge >= 0.3 is 5.97 Å². The van der Waals surface area contributed by atoms with E-state index >= 15 is 0 Å². The average Bonchev–Trinajstić information content (AvgIpc) is 2.35. The van der Waals surface area contributed by atoms with E-state index in [9.17, 15) is 4.79 Å². The molecule has 0 saturated carbocycles. The molecule has 3 N–H and O–H groups in total. The molecule has 0 amide bonds. The summed E-state index contributed by atoms with van der Waals surface area (Å²) in [5.74, 6) is -0.879. The monoisotopic (exact) mass is 234 g/mol. The molecule has 0 aromatic heterocycles. The Hall–Kier alpha value is -1.81. The minimum absolute atomic E-state index is 0.331. The Labute approximate surface area is 101 Å². The maximum atomic E-state index is 10.2. The maximum Gasteiger partial charge on any atom is 0.335 e. The third-order valence-electron chi connectivity index (χ3n) is 2.47. The smallest absolute Gasteiger partial charge is 0.335 e. The van der Waals surface area contributed by atoms with Crippen LogP contribution < -0.4 is 5.73 Å². The largest absolute Gasteiger partial charge is 0.478 e. The van der Waals surface area contributed by atoms with Crippen LogP contribution in [0.2, 0.25) is 0 Å². The fourth-order valence-electron chi connectivity index (χ4n) is 1.37. The standard InChI is InChI=1S/C7H6O2.C6H12N2/c8-7(9)6-4-2-1-3-5-6;1-8-4-2-6(7)3-5-8/h1-5H,(H,8,9);2H,3-5,7H2,1H3. The van der Waals surface area contributed by atoms with Crippen molar-refractivity contribution in [3.05, 3.63) is 47.7 Å². The van der Waals surface area contributed by atoms with Crippen molar-refractivity contribution in [1.29, 1.82) is 0 Å². The number of hydrogen-bond acceptors (Lipinski definition) is 3. The molecule has 1 heterocycles. The van der Waals surface area contributed by atoms with E-state index in [0.29, 0.717) is 5.56 Å². The third kappa shape index (κ3) is 5.17. The number of benzene rings is 1. The minimum Gasteiger partial charge on any atom is -0.478 e. The van der Waals surface area contributed by atoms with Gasteiger partial charge in [0.05, 0.1) is 5.56 Å². The van der Waals surface area contributed by atoms with Gasteiger partial charge in [0, 0.05) is 18.8 Å². The van der Waals surface area contributed by atoms with Gasteiger partial charge < -0.3 is 15.7 Å². The van der Waals surface area contributed by atoms with Crippen molar-refractivity contribution in [1.82, 2.24) is 4.90 Å². The van der Waals surface area contributed by atoms with E-state index in [1.165, 1.54) is 0 Å². The molecule has 0 spiro atoms. The molecule has 1 aromatic rings. The summed E-state index contributed by atoms with van der Waals surface area (Å²) < 4.78 is 0. The summed E-state index contributed by atoms with van der Waals surface area (Å²) in [6, 6.07) is 8.30. The summed E-state index contributed by atoms with van der Waals surface area (Å²) in [5, 5.41) is 8.38. The number of hydrogen-bond donors (Lipinski definition) is 2. The Kier molecular flexibility index (Phi) is 5.23. The summed E-state index contributed by atoms with van der Waals surface area (Å²) in [4.78, 5) is 12.4. The molecule has 2 rings (SSSR count). The molecule has 0 unspecified atom stereocenters. The van der Waals surface area contributed by atoms with Crippen molar-refractivity contribution in [3.8, 4) is 0 Å². The van der Waals surface area contributed by atoms with Gasteiger partial charge in [-0.3, -0.25) is 0 Å². The summed E-state index contributed by atoms with van der Waals surface area (Å²) >= 11 is 0. The second-order valence-electron chi connectivity index (χ2n) is 3.96. The van der Waals surface area contributed by atoms with Crippen molar-refractivity contribution in [3.63, 3.8) is 0 Å². The molecule has 0 atom stereocenters. The Bertz CT molecular complexity index is 388. The summed E-state index contributed by atoms with van der Waals surface area (Å²) in [7, 11) is 2.10. The maximum absolute atomic E-state index is 10.2. The van der Waals surface area contributed by atoms with Crippen molar-refractivity contribution in [2.75, 3.05) is 20.1 Å². The molecular weight excluding hydrogens is 216 g/mol. The molecule has 0 saturated heterocycles. The van der Waals surface area contributed by atoms with Crippen molar-refractivity contribution in [2.24, 2.45) is 5.73 Å². The van der Waals surface area contributed by atoms with Gasteiger partial charge in [-0.1, -0.05) is 24.3 Å². The molecule has 17 heavy (non-hydrogen) atoms. The van der Waals surface area contributed by atoms with Gasteiger partial charge in [0.2, 0.25) is 0 Å². The van der Waals surface area contributed by atoms with Crippen molar-refractivity contribution < 1.29 is 9.90 Å². The molecule has 4 nitrogen and oxygen atoms in total. The van der Waals surface area contributed by atoms with E-state index in [0.717, 1.165) is 25.2 Å². The molecule has 0 radical (unpaired) electrons. The first-order chi connectivity index (χ1) is 8.09. The van der Waals surface area contributed by atoms with Crippen LogP contribution in [0.3, 0.4) is 0 Å². The lowest BCUT2D eigenvalue weighted by atomic mass is 10.2. The number of nitrogens with zero attached hydrogens (tertiary/aromatic N) is 1. The van der Waals surface area contributed by atoms with Crippen LogP contribution in [0.1, 0.15) is 16.8 Å². The topological polar surface area (TPSA) is 66.6 Å². The van der Waals surface area contributed by atoms with Gasteiger partial charge in [0.25, 0.3) is 0 Å². The normalized spacial score (nSPS) is 15.5. The summed E-state index contributed by atoms with van der Waals surface area (Å²) in [6.45, 7) is 2.13. The average molecular weight is 234 g/mol. The molecule has 1 aliphatic rings. The van der Waals surface area contributed by atoms with E-state index in [1.54, 1.807) is 30.3 Å². The quantitative estimate of drug-likeness (QED) is 0.773. The molecule has 1 aliphatic heterocycles. The fraction of sp³-hybridized carbons (Fsp3) is 0.308. The third-order valence-corrected chi connectivity index (χ3v) is 2.47. The van der Waals surface area contributed by atoms with Crippen LogP contribution in [0.15, 0.2) is 42.1 Å². The fourth-order valence-corrected chi connectivity index (χ4v) is 1.37. The van der Waals surface area contributed by atoms with Crippen LogP contribution in [0.5, 0.6) is 0 Å². The highest BCUT2D eigenvalue weighted by atomic mass is 16.4. The van der Waals surface area contributed by atoms with Gasteiger partial charge in [-0.25, -0.2) is 4.79 Å². The second-order valence-corrected chi connectivity index (χ2v) is 3.96. The zero-order valence-electron chi connectivity index (χ0n) is 9.97. The summed E-state index contributed by atoms with van der Waals surface area (Å²) in [6.07, 6.45) is 3.11. The number of carboxylic acids is 1. The Balaban J connectivity index is 0.000000171. The van der Waals surface area contributed by atoms with Crippen LogP contribution in [0.4, 0.5) is 0 Å². The number of likely N-dealkylation sites (N-methyl/N-ethyl adjacent to an activating group) is 1. The van der Waals surface area contributed by atoms with Gasteiger partial charge in [-0.2, -0.15) is 0 Å². The first-order valence-electron chi connectivity index (χ1n) is 5.51. The van der Waals surface area contributed by atoms with Gasteiger partial charge in [-0.05, 0) is 25.6 Å². The van der Waals surface area contributed by atoms with E-state index in [-0.39, 0.29) is 0 Å². The number of rotatable bonds is 1. The molecular formula is C13H18N2O2. The van der Waals surface area contributed by atoms with E-state index in [2.05, 4.69) is 18.0 Å².